The van der Waals surface area contributed by atoms with E-state index in [-0.39, 0.29) is 5.57 Å². The van der Waals surface area contributed by atoms with Gasteiger partial charge in [-0.15, -0.1) is 0 Å². The number of hydrogen-bond acceptors (Lipinski definition) is 6. The summed E-state index contributed by atoms with van der Waals surface area (Å²) in [5.74, 6) is -10.5. The number of halogens is 5. The van der Waals surface area contributed by atoms with E-state index in [1.807, 2.05) is 0 Å². The monoisotopic (exact) mass is 376 g/mol. The zero-order valence-corrected chi connectivity index (χ0v) is 13.7. The summed E-state index contributed by atoms with van der Waals surface area (Å²) in [6, 6.07) is 0. The van der Waals surface area contributed by atoms with Gasteiger partial charge >= 0.3 is 30.0 Å². The molecule has 0 saturated carbocycles. The van der Waals surface area contributed by atoms with Crippen molar-refractivity contribution in [2.45, 2.75) is 44.4 Å². The number of carbonyl (C=O) groups excluding carboxylic acids is 3. The molecule has 144 valence electrons. The topological polar surface area (TPSA) is 78.9 Å². The summed E-state index contributed by atoms with van der Waals surface area (Å²) in [5.41, 5.74) is -3.14. The Hall–Kier alpha value is -2.20. The minimum atomic E-state index is -5.54. The van der Waals surface area contributed by atoms with Gasteiger partial charge in [-0.1, -0.05) is 6.58 Å². The third kappa shape index (κ3) is 5.98. The van der Waals surface area contributed by atoms with Crippen LogP contribution in [-0.4, -0.2) is 49.3 Å². The zero-order valence-electron chi connectivity index (χ0n) is 13.7. The van der Waals surface area contributed by atoms with Crippen LogP contribution in [0.3, 0.4) is 0 Å². The second-order valence-electron chi connectivity index (χ2n) is 5.20. The largest absolute Gasteiger partial charge is 0.490 e. The van der Waals surface area contributed by atoms with Crippen LogP contribution in [0.5, 0.6) is 0 Å². The predicted molar refractivity (Wildman–Crippen MR) is 72.5 cm³/mol. The van der Waals surface area contributed by atoms with Crippen molar-refractivity contribution in [3.05, 3.63) is 12.2 Å². The Kier molecular flexibility index (Phi) is 7.53. The molecule has 1 unspecified atom stereocenters. The molecule has 0 aliphatic carbocycles. The zero-order chi connectivity index (χ0) is 20.1. The molecule has 0 amide bonds. The summed E-state index contributed by atoms with van der Waals surface area (Å²) in [6.07, 6.45) is -6.88. The molecule has 0 aliphatic rings. The van der Waals surface area contributed by atoms with Gasteiger partial charge in [-0.3, -0.25) is 0 Å². The minimum Gasteiger partial charge on any atom is -0.464 e. The lowest BCUT2D eigenvalue weighted by atomic mass is 9.92. The van der Waals surface area contributed by atoms with E-state index in [2.05, 4.69) is 20.8 Å². The first kappa shape index (κ1) is 22.8. The second-order valence-corrected chi connectivity index (χ2v) is 5.20. The van der Waals surface area contributed by atoms with Crippen LogP contribution in [0.15, 0.2) is 12.2 Å². The highest BCUT2D eigenvalue weighted by Gasteiger charge is 2.61. The highest BCUT2D eigenvalue weighted by Crippen LogP contribution is 2.38. The molecule has 0 fully saturated rings. The third-order valence-electron chi connectivity index (χ3n) is 3.04. The second kappa shape index (κ2) is 8.26. The van der Waals surface area contributed by atoms with Crippen molar-refractivity contribution in [3.8, 4) is 0 Å². The van der Waals surface area contributed by atoms with E-state index in [0.29, 0.717) is 14.0 Å². The van der Waals surface area contributed by atoms with E-state index in [1.165, 1.54) is 6.92 Å². The number of carbonyl (C=O) groups is 3. The lowest BCUT2D eigenvalue weighted by molar-refractivity contribution is -0.246. The molecule has 0 rings (SSSR count). The van der Waals surface area contributed by atoms with Crippen molar-refractivity contribution in [2.75, 3.05) is 13.7 Å². The fraction of sp³-hybridized carbons (Fsp3) is 0.643. The first-order valence-corrected chi connectivity index (χ1v) is 6.78. The van der Waals surface area contributed by atoms with E-state index in [9.17, 15) is 36.3 Å². The van der Waals surface area contributed by atoms with Gasteiger partial charge in [0.15, 0.2) is 5.60 Å². The minimum absolute atomic E-state index is 0.0196. The van der Waals surface area contributed by atoms with Crippen molar-refractivity contribution in [1.82, 2.24) is 0 Å². The molecule has 0 saturated heterocycles. The summed E-state index contributed by atoms with van der Waals surface area (Å²) < 4.78 is 77.5. The Morgan fingerprint density at radius 1 is 1.04 bits per heavy atom. The van der Waals surface area contributed by atoms with E-state index in [4.69, 9.17) is 0 Å². The van der Waals surface area contributed by atoms with Gasteiger partial charge in [0.2, 0.25) is 0 Å². The van der Waals surface area contributed by atoms with Gasteiger partial charge in [0.05, 0.1) is 13.7 Å². The van der Waals surface area contributed by atoms with Crippen LogP contribution in [0.4, 0.5) is 22.0 Å². The van der Waals surface area contributed by atoms with Crippen LogP contribution < -0.4 is 0 Å². The normalized spacial score (nSPS) is 14.2. The van der Waals surface area contributed by atoms with Crippen LogP contribution in [0.2, 0.25) is 0 Å². The molecule has 0 aromatic heterocycles. The maximum Gasteiger partial charge on any atom is 0.490 e. The van der Waals surface area contributed by atoms with Crippen molar-refractivity contribution in [2.24, 2.45) is 0 Å². The number of rotatable bonds is 8. The highest BCUT2D eigenvalue weighted by atomic mass is 19.4. The average molecular weight is 376 g/mol. The van der Waals surface area contributed by atoms with Gasteiger partial charge < -0.3 is 14.2 Å². The van der Waals surface area contributed by atoms with E-state index in [1.54, 1.807) is 0 Å². The molecule has 6 nitrogen and oxygen atoms in total. The van der Waals surface area contributed by atoms with Crippen molar-refractivity contribution in [3.63, 3.8) is 0 Å². The Labute approximate surface area is 139 Å². The fourth-order valence-electron chi connectivity index (χ4n) is 1.58. The summed E-state index contributed by atoms with van der Waals surface area (Å²) in [7, 11) is 0.594. The summed E-state index contributed by atoms with van der Waals surface area (Å²) >= 11 is 0. The SMILES string of the molecule is C=C(C)C(=O)OCCCC(C)(OC(=O)C(F)(F)F)C(F)(F)C(=O)OC. The van der Waals surface area contributed by atoms with Crippen molar-refractivity contribution in [1.29, 1.82) is 0 Å². The van der Waals surface area contributed by atoms with Crippen LogP contribution >= 0.6 is 0 Å². The first-order chi connectivity index (χ1) is 11.2. The molecule has 0 N–H and O–H groups in total. The van der Waals surface area contributed by atoms with Gasteiger partial charge in [0, 0.05) is 5.57 Å². The summed E-state index contributed by atoms with van der Waals surface area (Å²) in [6.45, 7) is 4.58. The Balaban J connectivity index is 5.27. The summed E-state index contributed by atoms with van der Waals surface area (Å²) in [4.78, 5) is 33.3. The van der Waals surface area contributed by atoms with Gasteiger partial charge in [0.1, 0.15) is 0 Å². The van der Waals surface area contributed by atoms with E-state index in [0.717, 1.165) is 0 Å². The molecule has 25 heavy (non-hydrogen) atoms. The lowest BCUT2D eigenvalue weighted by Crippen LogP contribution is -2.55. The van der Waals surface area contributed by atoms with Crippen molar-refractivity contribution < 1.29 is 50.5 Å². The lowest BCUT2D eigenvalue weighted by Gasteiger charge is -2.35. The third-order valence-corrected chi connectivity index (χ3v) is 3.04. The molecule has 0 aromatic carbocycles. The molecular weight excluding hydrogens is 359 g/mol. The number of ether oxygens (including phenoxy) is 3. The molecule has 0 aliphatic heterocycles. The molecule has 0 aromatic rings. The van der Waals surface area contributed by atoms with Crippen LogP contribution in [-0.2, 0) is 28.6 Å². The maximum absolute atomic E-state index is 14.1. The van der Waals surface area contributed by atoms with Gasteiger partial charge in [0.25, 0.3) is 0 Å². The number of esters is 3. The fourth-order valence-corrected chi connectivity index (χ4v) is 1.58. The average Bonchev–Trinajstić information content (AvgIpc) is 2.48. The Bertz CT molecular complexity index is 542. The molecule has 11 heteroatoms. The van der Waals surface area contributed by atoms with Gasteiger partial charge in [-0.05, 0) is 26.7 Å². The van der Waals surface area contributed by atoms with Gasteiger partial charge in [-0.25, -0.2) is 14.4 Å². The van der Waals surface area contributed by atoms with Crippen LogP contribution in [0.25, 0.3) is 0 Å². The Morgan fingerprint density at radius 2 is 1.56 bits per heavy atom. The van der Waals surface area contributed by atoms with E-state index >= 15 is 0 Å². The number of hydrogen-bond donors (Lipinski definition) is 0. The highest BCUT2D eigenvalue weighted by molar-refractivity contribution is 5.86. The van der Waals surface area contributed by atoms with Gasteiger partial charge in [-0.2, -0.15) is 22.0 Å². The van der Waals surface area contributed by atoms with Crippen molar-refractivity contribution >= 4 is 17.9 Å². The molecule has 0 radical (unpaired) electrons. The molecule has 0 heterocycles. The molecule has 0 bridgehead atoms. The Morgan fingerprint density at radius 3 is 1.96 bits per heavy atom. The smallest absolute Gasteiger partial charge is 0.464 e. The standard InChI is InChI=1S/C14H17F5O6/c1-8(2)9(20)24-7-5-6-12(3,13(15,16)10(21)23-4)25-11(22)14(17,18)19/h1,5-7H2,2-4H3. The first-order valence-electron chi connectivity index (χ1n) is 6.78. The number of alkyl halides is 5. The maximum atomic E-state index is 14.1. The molecule has 1 atom stereocenters. The molecular formula is C14H17F5O6. The van der Waals surface area contributed by atoms with Crippen LogP contribution in [0.1, 0.15) is 26.7 Å². The summed E-state index contributed by atoms with van der Waals surface area (Å²) in [5, 5.41) is 0. The number of methoxy groups -OCH3 is 1. The van der Waals surface area contributed by atoms with E-state index < -0.39 is 55.1 Å². The molecule has 0 spiro atoms. The quantitative estimate of drug-likeness (QED) is 0.213. The predicted octanol–water partition coefficient (Wildman–Crippen LogP) is 2.56. The van der Waals surface area contributed by atoms with Crippen LogP contribution in [0, 0.1) is 0 Å².